The Balaban J connectivity index is 1.64. The van der Waals surface area contributed by atoms with E-state index in [1.165, 1.54) is 29.9 Å². The first-order chi connectivity index (χ1) is 16.2. The van der Waals surface area contributed by atoms with Crippen molar-refractivity contribution in [2.45, 2.75) is 19.1 Å². The zero-order chi connectivity index (χ0) is 24.5. The highest BCUT2D eigenvalue weighted by atomic mass is 79.9. The van der Waals surface area contributed by atoms with E-state index in [-0.39, 0.29) is 23.4 Å². The number of halogens is 4. The second kappa shape index (κ2) is 9.38. The molecular formula is C24H18BrF3N4O2. The van der Waals surface area contributed by atoms with Gasteiger partial charge in [0.2, 0.25) is 0 Å². The Morgan fingerprint density at radius 3 is 2.62 bits per heavy atom. The predicted molar refractivity (Wildman–Crippen MR) is 125 cm³/mol. The SMILES string of the molecule is CNC(=O)c1ccc(-c2ccc(=O)n(CCc3ccc4ncc(Br)cc4c3)n2)cc1C(F)(F)F. The van der Waals surface area contributed by atoms with Crippen LogP contribution in [0.4, 0.5) is 13.2 Å². The van der Waals surface area contributed by atoms with E-state index in [9.17, 15) is 22.8 Å². The van der Waals surface area contributed by atoms with Crippen LogP contribution in [-0.4, -0.2) is 27.7 Å². The largest absolute Gasteiger partial charge is 0.417 e. The van der Waals surface area contributed by atoms with Gasteiger partial charge >= 0.3 is 6.18 Å². The third kappa shape index (κ3) is 5.01. The molecule has 0 spiro atoms. The summed E-state index contributed by atoms with van der Waals surface area (Å²) in [6.07, 6.45) is -2.53. The number of nitrogens with one attached hydrogen (secondary N) is 1. The lowest BCUT2D eigenvalue weighted by Crippen LogP contribution is -2.24. The van der Waals surface area contributed by atoms with Gasteiger partial charge in [-0.15, -0.1) is 0 Å². The van der Waals surface area contributed by atoms with Gasteiger partial charge in [-0.1, -0.05) is 12.1 Å². The number of carbonyl (C=O) groups excluding carboxylic acids is 1. The first kappa shape index (κ1) is 23.6. The van der Waals surface area contributed by atoms with Gasteiger partial charge in [-0.3, -0.25) is 14.6 Å². The Bertz CT molecular complexity index is 1450. The van der Waals surface area contributed by atoms with Crippen LogP contribution < -0.4 is 10.9 Å². The zero-order valence-electron chi connectivity index (χ0n) is 17.9. The molecule has 0 aliphatic rings. The van der Waals surface area contributed by atoms with Crippen LogP contribution in [0.2, 0.25) is 0 Å². The zero-order valence-corrected chi connectivity index (χ0v) is 19.4. The Hall–Kier alpha value is -3.53. The van der Waals surface area contributed by atoms with Gasteiger partial charge in [0, 0.05) is 41.3 Å². The van der Waals surface area contributed by atoms with Crippen LogP contribution in [-0.2, 0) is 19.1 Å². The quantitative estimate of drug-likeness (QED) is 0.400. The lowest BCUT2D eigenvalue weighted by Gasteiger charge is -2.14. The number of aromatic nitrogens is 3. The van der Waals surface area contributed by atoms with E-state index in [1.807, 2.05) is 24.3 Å². The second-order valence-corrected chi connectivity index (χ2v) is 8.46. The van der Waals surface area contributed by atoms with Crippen molar-refractivity contribution in [3.8, 4) is 11.3 Å². The maximum Gasteiger partial charge on any atom is 0.417 e. The highest BCUT2D eigenvalue weighted by Gasteiger charge is 2.35. The van der Waals surface area contributed by atoms with Gasteiger partial charge in [-0.25, -0.2) is 4.68 Å². The van der Waals surface area contributed by atoms with Crippen LogP contribution >= 0.6 is 15.9 Å². The van der Waals surface area contributed by atoms with Gasteiger partial charge in [0.25, 0.3) is 11.5 Å². The molecule has 0 fully saturated rings. The predicted octanol–water partition coefficient (Wildman–Crippen LogP) is 4.84. The highest BCUT2D eigenvalue weighted by molar-refractivity contribution is 9.10. The van der Waals surface area contributed by atoms with Gasteiger partial charge in [0.1, 0.15) is 0 Å². The fourth-order valence-corrected chi connectivity index (χ4v) is 3.93. The maximum atomic E-state index is 13.6. The van der Waals surface area contributed by atoms with Crippen molar-refractivity contribution < 1.29 is 18.0 Å². The molecule has 6 nitrogen and oxygen atoms in total. The molecular weight excluding hydrogens is 513 g/mol. The van der Waals surface area contributed by atoms with Crippen molar-refractivity contribution >= 4 is 32.7 Å². The van der Waals surface area contributed by atoms with Crippen molar-refractivity contribution in [3.05, 3.63) is 92.3 Å². The molecule has 0 atom stereocenters. The number of amides is 1. The molecule has 0 aliphatic carbocycles. The number of pyridine rings is 1. The molecule has 174 valence electrons. The number of hydrogen-bond acceptors (Lipinski definition) is 4. The summed E-state index contributed by atoms with van der Waals surface area (Å²) in [7, 11) is 1.26. The Morgan fingerprint density at radius 1 is 1.09 bits per heavy atom. The third-order valence-corrected chi connectivity index (χ3v) is 5.72. The fourth-order valence-electron chi connectivity index (χ4n) is 3.58. The van der Waals surface area contributed by atoms with E-state index >= 15 is 0 Å². The van der Waals surface area contributed by atoms with Gasteiger partial charge in [0.05, 0.1) is 22.3 Å². The molecule has 0 aliphatic heterocycles. The van der Waals surface area contributed by atoms with Gasteiger partial charge in [0.15, 0.2) is 0 Å². The smallest absolute Gasteiger partial charge is 0.355 e. The summed E-state index contributed by atoms with van der Waals surface area (Å²) in [5, 5.41) is 7.42. The lowest BCUT2D eigenvalue weighted by atomic mass is 10.0. The first-order valence-electron chi connectivity index (χ1n) is 10.2. The highest BCUT2D eigenvalue weighted by Crippen LogP contribution is 2.34. The fraction of sp³-hybridized carbons (Fsp3) is 0.167. The van der Waals surface area contributed by atoms with Crippen molar-refractivity contribution in [2.75, 3.05) is 7.05 Å². The molecule has 4 rings (SSSR count). The third-order valence-electron chi connectivity index (χ3n) is 5.28. The van der Waals surface area contributed by atoms with Crippen molar-refractivity contribution in [3.63, 3.8) is 0 Å². The number of alkyl halides is 3. The van der Waals surface area contributed by atoms with E-state index in [0.29, 0.717) is 6.42 Å². The molecule has 0 unspecified atom stereocenters. The minimum atomic E-state index is -4.73. The molecule has 2 aromatic carbocycles. The number of benzene rings is 2. The minimum absolute atomic E-state index is 0.148. The molecule has 2 heterocycles. The normalized spacial score (nSPS) is 11.6. The number of hydrogen-bond donors (Lipinski definition) is 1. The maximum absolute atomic E-state index is 13.6. The molecule has 1 N–H and O–H groups in total. The van der Waals surface area contributed by atoms with E-state index in [1.54, 1.807) is 6.20 Å². The number of rotatable bonds is 5. The molecule has 1 amide bonds. The Morgan fingerprint density at radius 2 is 1.88 bits per heavy atom. The number of aryl methyl sites for hydroxylation is 2. The molecule has 0 radical (unpaired) electrons. The molecule has 4 aromatic rings. The van der Waals surface area contributed by atoms with Gasteiger partial charge < -0.3 is 5.32 Å². The summed E-state index contributed by atoms with van der Waals surface area (Å²) in [5.41, 5.74) is 0.220. The topological polar surface area (TPSA) is 76.9 Å². The van der Waals surface area contributed by atoms with Gasteiger partial charge in [-0.05, 0) is 64.3 Å². The van der Waals surface area contributed by atoms with Crippen molar-refractivity contribution in [1.29, 1.82) is 0 Å². The summed E-state index contributed by atoms with van der Waals surface area (Å²) in [4.78, 5) is 28.5. The number of carbonyl (C=O) groups is 1. The average molecular weight is 531 g/mol. The van der Waals surface area contributed by atoms with Crippen molar-refractivity contribution in [2.24, 2.45) is 0 Å². The van der Waals surface area contributed by atoms with E-state index < -0.39 is 23.2 Å². The standard InChI is InChI=1S/C24H18BrF3N4O2/c1-29-23(34)18-4-3-15(12-19(18)24(26,27)28)21-6-7-22(33)32(31-21)9-8-14-2-5-20-16(10-14)11-17(25)13-30-20/h2-7,10-13H,8-9H2,1H3,(H,29,34). The molecule has 0 saturated heterocycles. The van der Waals surface area contributed by atoms with E-state index in [0.717, 1.165) is 33.1 Å². The van der Waals surface area contributed by atoms with Gasteiger partial charge in [-0.2, -0.15) is 18.3 Å². The van der Waals surface area contributed by atoms with Crippen LogP contribution in [0.1, 0.15) is 21.5 Å². The Kier molecular flexibility index (Phi) is 6.52. The van der Waals surface area contributed by atoms with Crippen LogP contribution in [0.3, 0.4) is 0 Å². The van der Waals surface area contributed by atoms with Crippen LogP contribution in [0.15, 0.2) is 70.1 Å². The number of nitrogens with zero attached hydrogens (tertiary/aromatic N) is 3. The Labute approximate surface area is 200 Å². The van der Waals surface area contributed by atoms with Crippen LogP contribution in [0.5, 0.6) is 0 Å². The lowest BCUT2D eigenvalue weighted by molar-refractivity contribution is -0.137. The molecule has 0 saturated carbocycles. The van der Waals surface area contributed by atoms with Crippen molar-refractivity contribution in [1.82, 2.24) is 20.1 Å². The number of fused-ring (bicyclic) bond motifs is 1. The minimum Gasteiger partial charge on any atom is -0.355 e. The van der Waals surface area contributed by atoms with E-state index in [4.69, 9.17) is 0 Å². The van der Waals surface area contributed by atoms with Crippen LogP contribution in [0, 0.1) is 0 Å². The monoisotopic (exact) mass is 530 g/mol. The average Bonchev–Trinajstić information content (AvgIpc) is 2.81. The van der Waals surface area contributed by atoms with Crippen LogP contribution in [0.25, 0.3) is 22.2 Å². The molecule has 34 heavy (non-hydrogen) atoms. The van der Waals surface area contributed by atoms with E-state index in [2.05, 4.69) is 31.3 Å². The molecule has 0 bridgehead atoms. The summed E-state index contributed by atoms with van der Waals surface area (Å²) >= 11 is 3.40. The summed E-state index contributed by atoms with van der Waals surface area (Å²) in [6.45, 7) is 0.238. The summed E-state index contributed by atoms with van der Waals surface area (Å²) in [5.74, 6) is -0.839. The molecule has 10 heteroatoms. The summed E-state index contributed by atoms with van der Waals surface area (Å²) < 4.78 is 42.8. The summed E-state index contributed by atoms with van der Waals surface area (Å²) in [6, 6.07) is 13.7. The second-order valence-electron chi connectivity index (χ2n) is 7.55. The first-order valence-corrected chi connectivity index (χ1v) is 11.0. The molecule has 2 aromatic heterocycles.